The Morgan fingerprint density at radius 2 is 1.67 bits per heavy atom. The molecule has 0 aliphatic carbocycles. The second kappa shape index (κ2) is 2.74. The number of aromatic nitrogens is 1. The van der Waals surface area contributed by atoms with E-state index >= 15 is 0 Å². The number of rotatable bonds is 0. The zero-order chi connectivity index (χ0) is 8.59. The number of hydrogen-bond donors (Lipinski definition) is 0. The van der Waals surface area contributed by atoms with E-state index in [0.717, 1.165) is 0 Å². The van der Waals surface area contributed by atoms with Crippen LogP contribution in [0.15, 0.2) is 12.3 Å². The summed E-state index contributed by atoms with van der Waals surface area (Å²) in [5.74, 6) is 0. The molecule has 0 radical (unpaired) electrons. The van der Waals surface area contributed by atoms with Gasteiger partial charge in [-0.05, 0) is 0 Å². The van der Waals surface area contributed by atoms with E-state index in [1.165, 1.54) is 0 Å². The minimum Gasteiger partial charge on any atom is -0.262 e. The first kappa shape index (κ1) is 4.78. The van der Waals surface area contributed by atoms with Gasteiger partial charge in [-0.1, -0.05) is 34.8 Å². The molecule has 1 nitrogen and oxygen atoms in total. The maximum atomic E-state index is 7.09. The fourth-order valence-electron chi connectivity index (χ4n) is 0.321. The van der Waals surface area contributed by atoms with Gasteiger partial charge in [0.15, 0.2) is 0 Å². The van der Waals surface area contributed by atoms with E-state index in [4.69, 9.17) is 37.5 Å². The topological polar surface area (TPSA) is 12.9 Å². The van der Waals surface area contributed by atoms with E-state index in [0.29, 0.717) is 0 Å². The van der Waals surface area contributed by atoms with Crippen LogP contribution in [-0.4, -0.2) is 4.98 Å². The summed E-state index contributed by atoms with van der Waals surface area (Å²) in [6.45, 7) is 0. The van der Waals surface area contributed by atoms with E-state index in [1.807, 2.05) is 0 Å². The van der Waals surface area contributed by atoms with Gasteiger partial charge in [-0.3, -0.25) is 4.98 Å². The Morgan fingerprint density at radius 3 is 2.11 bits per heavy atom. The molecule has 1 aromatic rings. The molecule has 9 heavy (non-hydrogen) atoms. The maximum absolute atomic E-state index is 7.09. The van der Waals surface area contributed by atoms with E-state index in [9.17, 15) is 0 Å². The molecule has 0 atom stereocenters. The van der Waals surface area contributed by atoms with Gasteiger partial charge < -0.3 is 0 Å². The van der Waals surface area contributed by atoms with Gasteiger partial charge in [0.2, 0.25) is 0 Å². The van der Waals surface area contributed by atoms with Crippen molar-refractivity contribution in [2.75, 3.05) is 0 Å². The van der Waals surface area contributed by atoms with Crippen LogP contribution in [-0.2, 0) is 0 Å². The van der Waals surface area contributed by atoms with E-state index in [-0.39, 0.29) is 27.4 Å². The first-order valence-corrected chi connectivity index (χ1v) is 3.15. The largest absolute Gasteiger partial charge is 0.262 e. The molecule has 0 amide bonds. The van der Waals surface area contributed by atoms with Gasteiger partial charge in [0.25, 0.3) is 0 Å². The van der Waals surface area contributed by atoms with Crippen molar-refractivity contribution in [3.8, 4) is 0 Å². The maximum Gasteiger partial charge on any atom is 0.0857 e. The van der Waals surface area contributed by atoms with Crippen molar-refractivity contribution in [1.82, 2.24) is 4.98 Å². The third-order valence-electron chi connectivity index (χ3n) is 0.694. The molecule has 1 aromatic heterocycles. The molecule has 0 unspecified atom stereocenters. The SMILES string of the molecule is [2H]c1nc([2H])c(Cl)c(Cl)c1Cl. The van der Waals surface area contributed by atoms with Crippen LogP contribution in [0.3, 0.4) is 0 Å². The van der Waals surface area contributed by atoms with E-state index in [2.05, 4.69) is 4.98 Å². The zero-order valence-corrected chi connectivity index (χ0v) is 6.35. The van der Waals surface area contributed by atoms with Crippen LogP contribution in [0.2, 0.25) is 15.1 Å². The molecule has 0 fully saturated rings. The van der Waals surface area contributed by atoms with E-state index < -0.39 is 0 Å². The van der Waals surface area contributed by atoms with Gasteiger partial charge in [-0.25, -0.2) is 0 Å². The Labute approximate surface area is 70.4 Å². The average Bonchev–Trinajstić information content (AvgIpc) is 1.97. The average molecular weight is 184 g/mol. The molecule has 48 valence electrons. The summed E-state index contributed by atoms with van der Waals surface area (Å²) in [7, 11) is 0. The Bertz CT molecular complexity index is 276. The van der Waals surface area contributed by atoms with Gasteiger partial charge in [0, 0.05) is 12.3 Å². The molecule has 1 heterocycles. The van der Waals surface area contributed by atoms with Crippen molar-refractivity contribution in [2.45, 2.75) is 0 Å². The first-order valence-electron chi connectivity index (χ1n) is 3.01. The van der Waals surface area contributed by atoms with Gasteiger partial charge in [-0.15, -0.1) is 0 Å². The van der Waals surface area contributed by atoms with Crippen molar-refractivity contribution >= 4 is 34.8 Å². The summed E-state index contributed by atoms with van der Waals surface area (Å²) in [6, 6.07) is 0. The van der Waals surface area contributed by atoms with Crippen LogP contribution in [0.25, 0.3) is 0 Å². The monoisotopic (exact) mass is 183 g/mol. The van der Waals surface area contributed by atoms with Crippen molar-refractivity contribution in [1.29, 1.82) is 0 Å². The molecule has 0 aliphatic rings. The predicted molar refractivity (Wildman–Crippen MR) is 39.3 cm³/mol. The Balaban J connectivity index is 3.46. The Kier molecular flexibility index (Phi) is 1.45. The number of halogens is 3. The third kappa shape index (κ3) is 1.48. The summed E-state index contributed by atoms with van der Waals surface area (Å²) in [6.07, 6.45) is -0.461. The minimum absolute atomic E-state index is 0.0123. The number of nitrogens with zero attached hydrogens (tertiary/aromatic N) is 1. The van der Waals surface area contributed by atoms with Crippen molar-refractivity contribution < 1.29 is 2.74 Å². The fourth-order valence-corrected chi connectivity index (χ4v) is 0.727. The lowest BCUT2D eigenvalue weighted by Crippen LogP contribution is -1.73. The molecule has 0 bridgehead atoms. The predicted octanol–water partition coefficient (Wildman–Crippen LogP) is 3.04. The van der Waals surface area contributed by atoms with Gasteiger partial charge >= 0.3 is 0 Å². The standard InChI is InChI=1S/C5H2Cl3N/c6-3-1-9-2-4(7)5(3)8/h1-2H/i1D,2D. The van der Waals surface area contributed by atoms with Crippen LogP contribution in [0, 0.1) is 0 Å². The minimum atomic E-state index is -0.230. The first-order chi connectivity index (χ1) is 5.04. The summed E-state index contributed by atoms with van der Waals surface area (Å²) in [5, 5.41) is -0.0290. The third-order valence-corrected chi connectivity index (χ3v) is 1.81. The normalized spacial score (nSPS) is 12.8. The Morgan fingerprint density at radius 1 is 1.22 bits per heavy atom. The molecule has 0 aliphatic heterocycles. The highest BCUT2D eigenvalue weighted by Crippen LogP contribution is 2.27. The van der Waals surface area contributed by atoms with Crippen molar-refractivity contribution in [2.24, 2.45) is 0 Å². The second-order valence-corrected chi connectivity index (χ2v) is 2.41. The van der Waals surface area contributed by atoms with Crippen LogP contribution in [0.4, 0.5) is 0 Å². The lowest BCUT2D eigenvalue weighted by molar-refractivity contribution is 1.33. The van der Waals surface area contributed by atoms with Crippen LogP contribution < -0.4 is 0 Å². The Hall–Kier alpha value is 0.0200. The molecule has 0 N–H and O–H groups in total. The molecule has 0 saturated heterocycles. The van der Waals surface area contributed by atoms with Gasteiger partial charge in [-0.2, -0.15) is 0 Å². The number of pyridine rings is 1. The molecular formula is C5H2Cl3N. The van der Waals surface area contributed by atoms with E-state index in [1.54, 1.807) is 0 Å². The number of hydrogen-bond acceptors (Lipinski definition) is 1. The molecule has 0 saturated carbocycles. The lowest BCUT2D eigenvalue weighted by Gasteiger charge is -1.93. The van der Waals surface area contributed by atoms with Crippen LogP contribution in [0.1, 0.15) is 2.74 Å². The van der Waals surface area contributed by atoms with Crippen LogP contribution in [0.5, 0.6) is 0 Å². The highest BCUT2D eigenvalue weighted by atomic mass is 35.5. The molecule has 0 aromatic carbocycles. The van der Waals surface area contributed by atoms with Crippen LogP contribution >= 0.6 is 34.8 Å². The summed E-state index contributed by atoms with van der Waals surface area (Å²) >= 11 is 16.6. The smallest absolute Gasteiger partial charge is 0.0857 e. The highest BCUT2D eigenvalue weighted by molar-refractivity contribution is 6.47. The molecule has 0 spiro atoms. The quantitative estimate of drug-likeness (QED) is 0.604. The molecule has 4 heteroatoms. The van der Waals surface area contributed by atoms with Gasteiger partial charge in [0.05, 0.1) is 17.8 Å². The summed E-state index contributed by atoms with van der Waals surface area (Å²) in [5.41, 5.74) is 0. The van der Waals surface area contributed by atoms with Crippen molar-refractivity contribution in [3.05, 3.63) is 27.4 Å². The fraction of sp³-hybridized carbons (Fsp3) is 0. The zero-order valence-electron chi connectivity index (χ0n) is 6.08. The highest BCUT2D eigenvalue weighted by Gasteiger charge is 1.99. The van der Waals surface area contributed by atoms with Crippen molar-refractivity contribution in [3.63, 3.8) is 0 Å². The molecule has 1 rings (SSSR count). The summed E-state index contributed by atoms with van der Waals surface area (Å²) < 4.78 is 14.2. The lowest BCUT2D eigenvalue weighted by atomic mass is 10.5. The summed E-state index contributed by atoms with van der Waals surface area (Å²) in [4.78, 5) is 3.42. The van der Waals surface area contributed by atoms with Gasteiger partial charge in [0.1, 0.15) is 0 Å². The second-order valence-electron chi connectivity index (χ2n) is 1.28. The molecular weight excluding hydrogens is 180 g/mol.